The van der Waals surface area contributed by atoms with Gasteiger partial charge in [-0.05, 0) is 18.2 Å². The monoisotopic (exact) mass is 519 g/mol. The summed E-state index contributed by atoms with van der Waals surface area (Å²) in [6.07, 6.45) is 0. The molecule has 1 N–H and O–H groups in total. The highest BCUT2D eigenvalue weighted by atomic mass is 35.5. The minimum atomic E-state index is -1.35. The van der Waals surface area contributed by atoms with Crippen LogP contribution in [0.15, 0.2) is 65.8 Å². The van der Waals surface area contributed by atoms with Crippen molar-refractivity contribution in [1.29, 1.82) is 0 Å². The molecule has 1 atom stereocenters. The van der Waals surface area contributed by atoms with Gasteiger partial charge in [0.05, 0.1) is 0 Å². The fourth-order valence-corrected chi connectivity index (χ4v) is 4.60. The van der Waals surface area contributed by atoms with Crippen LogP contribution in [0.5, 0.6) is 5.75 Å². The molecule has 1 aliphatic heterocycles. The zero-order valence-corrected chi connectivity index (χ0v) is 19.7. The van der Waals surface area contributed by atoms with Gasteiger partial charge in [-0.15, -0.1) is 0 Å². The highest BCUT2D eigenvalue weighted by Crippen LogP contribution is 2.45. The van der Waals surface area contributed by atoms with E-state index in [4.69, 9.17) is 16.3 Å². The first-order chi connectivity index (χ1) is 16.8. The quantitative estimate of drug-likeness (QED) is 0.490. The van der Waals surface area contributed by atoms with Crippen molar-refractivity contribution in [3.05, 3.63) is 99.8 Å². The Morgan fingerprint density at radius 3 is 2.40 bits per heavy atom. The predicted octanol–water partition coefficient (Wildman–Crippen LogP) is 5.13. The number of para-hydroxylation sites is 1. The molecule has 0 fully saturated rings. The number of hydrogen-bond donors (Lipinski definition) is 1. The molecule has 1 unspecified atom stereocenters. The average molecular weight is 520 g/mol. The van der Waals surface area contributed by atoms with Crippen LogP contribution in [-0.4, -0.2) is 35.5 Å². The summed E-state index contributed by atoms with van der Waals surface area (Å²) >= 11 is 7.10. The molecule has 11 heteroatoms. The normalized spacial score (nSPS) is 15.1. The third-order valence-electron chi connectivity index (χ3n) is 4.99. The average Bonchev–Trinajstić information content (AvgIpc) is 3.27. The number of nitrogens with one attached hydrogen (secondary N) is 1. The van der Waals surface area contributed by atoms with E-state index in [0.29, 0.717) is 33.3 Å². The molecule has 1 aliphatic rings. The van der Waals surface area contributed by atoms with Gasteiger partial charge in [0.1, 0.15) is 39.2 Å². The molecule has 3 aromatic rings. The Kier molecular flexibility index (Phi) is 7.32. The molecule has 1 heterocycles. The first-order valence-electron chi connectivity index (χ1n) is 10.2. The lowest BCUT2D eigenvalue weighted by molar-refractivity contribution is -0.122. The van der Waals surface area contributed by atoms with Gasteiger partial charge in [0.15, 0.2) is 6.61 Å². The molecule has 0 saturated carbocycles. The van der Waals surface area contributed by atoms with Crippen molar-refractivity contribution >= 4 is 40.2 Å². The second kappa shape index (κ2) is 10.4. The topological polar surface area (TPSA) is 71.0 Å². The molecular formula is C24H17ClF3N3O3S. The molecule has 180 valence electrons. The van der Waals surface area contributed by atoms with Crippen LogP contribution in [0.4, 0.5) is 13.2 Å². The zero-order valence-electron chi connectivity index (χ0n) is 18.1. The molecule has 0 aromatic heterocycles. The fourth-order valence-electron chi connectivity index (χ4n) is 3.29. The summed E-state index contributed by atoms with van der Waals surface area (Å²) in [6.45, 7) is -0.287. The molecule has 0 spiro atoms. The van der Waals surface area contributed by atoms with E-state index in [2.05, 4.69) is 10.4 Å². The van der Waals surface area contributed by atoms with Crippen LogP contribution in [-0.2, 0) is 4.79 Å². The number of likely N-dealkylation sites (N-methyl/N-ethyl adjacent to an activating group) is 1. The van der Waals surface area contributed by atoms with E-state index in [1.165, 1.54) is 7.05 Å². The van der Waals surface area contributed by atoms with Gasteiger partial charge in [-0.2, -0.15) is 5.10 Å². The number of carbonyl (C=O) groups is 2. The number of hydrazone groups is 1. The van der Waals surface area contributed by atoms with Gasteiger partial charge in [-0.3, -0.25) is 9.59 Å². The summed E-state index contributed by atoms with van der Waals surface area (Å²) in [7, 11) is 1.46. The van der Waals surface area contributed by atoms with Crippen LogP contribution in [0.25, 0.3) is 0 Å². The standard InChI is InChI=1S/C24H17ClF3N3O3S/c1-29-20(32)12-34-19-5-3-2-4-16(19)24-31(23(33)21-17(27)10-15(26)11-18(21)28)30-22(35-24)13-6-8-14(25)9-7-13/h2-11,24H,12H2,1H3,(H,29,32). The molecule has 0 bridgehead atoms. The van der Waals surface area contributed by atoms with Crippen molar-refractivity contribution in [3.8, 4) is 5.75 Å². The molecule has 0 radical (unpaired) electrons. The number of thioether (sulfide) groups is 1. The SMILES string of the molecule is CNC(=O)COc1ccccc1C1SC(c2ccc(Cl)cc2)=NN1C(=O)c1c(F)cc(F)cc1F. The Morgan fingerprint density at radius 2 is 1.74 bits per heavy atom. The second-order valence-corrected chi connectivity index (χ2v) is 8.78. The van der Waals surface area contributed by atoms with Crippen LogP contribution in [0.2, 0.25) is 5.02 Å². The lowest BCUT2D eigenvalue weighted by atomic mass is 10.1. The number of rotatable bonds is 6. The van der Waals surface area contributed by atoms with E-state index >= 15 is 0 Å². The summed E-state index contributed by atoms with van der Waals surface area (Å²) < 4.78 is 48.0. The zero-order chi connectivity index (χ0) is 25.1. The molecule has 6 nitrogen and oxygen atoms in total. The Labute approximate surface area is 207 Å². The van der Waals surface area contributed by atoms with E-state index in [-0.39, 0.29) is 18.3 Å². The number of carbonyl (C=O) groups excluding carboxylic acids is 2. The van der Waals surface area contributed by atoms with Gasteiger partial charge in [-0.25, -0.2) is 18.2 Å². The summed E-state index contributed by atoms with van der Waals surface area (Å²) in [5, 5.41) is 7.66. The number of ether oxygens (including phenoxy) is 1. The Morgan fingerprint density at radius 1 is 1.09 bits per heavy atom. The highest BCUT2D eigenvalue weighted by Gasteiger charge is 2.38. The van der Waals surface area contributed by atoms with Gasteiger partial charge in [0, 0.05) is 35.3 Å². The summed E-state index contributed by atoms with van der Waals surface area (Å²) in [4.78, 5) is 25.0. The van der Waals surface area contributed by atoms with Crippen molar-refractivity contribution in [2.45, 2.75) is 5.37 Å². The van der Waals surface area contributed by atoms with Crippen LogP contribution >= 0.6 is 23.4 Å². The van der Waals surface area contributed by atoms with E-state index in [9.17, 15) is 22.8 Å². The van der Waals surface area contributed by atoms with Crippen LogP contribution < -0.4 is 10.1 Å². The van der Waals surface area contributed by atoms with Crippen molar-refractivity contribution in [3.63, 3.8) is 0 Å². The number of hydrogen-bond acceptors (Lipinski definition) is 5. The van der Waals surface area contributed by atoms with E-state index in [0.717, 1.165) is 16.8 Å². The molecule has 0 saturated heterocycles. The predicted molar refractivity (Wildman–Crippen MR) is 127 cm³/mol. The van der Waals surface area contributed by atoms with Crippen LogP contribution in [0.3, 0.4) is 0 Å². The molecule has 2 amide bonds. The molecule has 3 aromatic carbocycles. The van der Waals surface area contributed by atoms with Gasteiger partial charge in [0.2, 0.25) is 0 Å². The molecule has 4 rings (SSSR count). The van der Waals surface area contributed by atoms with Gasteiger partial charge < -0.3 is 10.1 Å². The molecular weight excluding hydrogens is 503 g/mol. The van der Waals surface area contributed by atoms with Gasteiger partial charge >= 0.3 is 0 Å². The maximum atomic E-state index is 14.5. The maximum Gasteiger partial charge on any atom is 0.281 e. The Bertz CT molecular complexity index is 1300. The highest BCUT2D eigenvalue weighted by molar-refractivity contribution is 8.14. The van der Waals surface area contributed by atoms with Crippen molar-refractivity contribution in [2.75, 3.05) is 13.7 Å². The third-order valence-corrected chi connectivity index (χ3v) is 6.46. The van der Waals surface area contributed by atoms with E-state index in [1.807, 2.05) is 0 Å². The second-order valence-electron chi connectivity index (χ2n) is 7.28. The number of benzene rings is 3. The minimum Gasteiger partial charge on any atom is -0.483 e. The molecule has 0 aliphatic carbocycles. The Hall–Kier alpha value is -3.50. The fraction of sp³-hybridized carbons (Fsp3) is 0.125. The minimum absolute atomic E-state index is 0.277. The summed E-state index contributed by atoms with van der Waals surface area (Å²) in [5.74, 6) is -5.06. The van der Waals surface area contributed by atoms with Crippen molar-refractivity contribution < 1.29 is 27.5 Å². The first-order valence-corrected chi connectivity index (χ1v) is 11.5. The lowest BCUT2D eigenvalue weighted by Crippen LogP contribution is -2.29. The third kappa shape index (κ3) is 5.28. The smallest absolute Gasteiger partial charge is 0.281 e. The van der Waals surface area contributed by atoms with Crippen LogP contribution in [0, 0.1) is 17.5 Å². The van der Waals surface area contributed by atoms with E-state index in [1.54, 1.807) is 48.5 Å². The van der Waals surface area contributed by atoms with Gasteiger partial charge in [-0.1, -0.05) is 53.7 Å². The Balaban J connectivity index is 1.77. The molecule has 35 heavy (non-hydrogen) atoms. The maximum absolute atomic E-state index is 14.5. The van der Waals surface area contributed by atoms with Crippen LogP contribution in [0.1, 0.15) is 26.9 Å². The largest absolute Gasteiger partial charge is 0.483 e. The van der Waals surface area contributed by atoms with E-state index < -0.39 is 34.3 Å². The summed E-state index contributed by atoms with van der Waals surface area (Å²) in [6, 6.07) is 14.1. The van der Waals surface area contributed by atoms with Crippen molar-refractivity contribution in [2.24, 2.45) is 5.10 Å². The lowest BCUT2D eigenvalue weighted by Gasteiger charge is -2.23. The van der Waals surface area contributed by atoms with Gasteiger partial charge in [0.25, 0.3) is 11.8 Å². The number of amides is 2. The first kappa shape index (κ1) is 24.6. The van der Waals surface area contributed by atoms with Crippen molar-refractivity contribution in [1.82, 2.24) is 10.3 Å². The summed E-state index contributed by atoms with van der Waals surface area (Å²) in [5.41, 5.74) is 0.107. The number of halogens is 4. The number of nitrogens with zero attached hydrogens (tertiary/aromatic N) is 2.